The van der Waals surface area contributed by atoms with Crippen molar-refractivity contribution >= 4 is 11.4 Å². The topological polar surface area (TPSA) is 64.4 Å². The van der Waals surface area contributed by atoms with Gasteiger partial charge in [-0.2, -0.15) is 0 Å². The van der Waals surface area contributed by atoms with Crippen molar-refractivity contribution in [3.63, 3.8) is 0 Å². The minimum absolute atomic E-state index is 0.0993. The lowest BCUT2D eigenvalue weighted by atomic mass is 10.3. The number of benzene rings is 1. The van der Waals surface area contributed by atoms with Crippen LogP contribution in [-0.2, 0) is 4.74 Å². The first-order valence-electron chi connectivity index (χ1n) is 5.21. The molecule has 0 saturated heterocycles. The van der Waals surface area contributed by atoms with Gasteiger partial charge in [0.1, 0.15) is 0 Å². The van der Waals surface area contributed by atoms with E-state index >= 15 is 0 Å². The number of methoxy groups -OCH3 is 1. The zero-order valence-electron chi connectivity index (χ0n) is 9.90. The highest BCUT2D eigenvalue weighted by Crippen LogP contribution is 2.14. The lowest BCUT2D eigenvalue weighted by Gasteiger charge is -2.04. The van der Waals surface area contributed by atoms with E-state index in [4.69, 9.17) is 4.74 Å². The number of ether oxygens (including phenoxy) is 1. The van der Waals surface area contributed by atoms with Gasteiger partial charge in [-0.25, -0.2) is 0 Å². The van der Waals surface area contributed by atoms with E-state index in [1.165, 1.54) is 12.1 Å². The van der Waals surface area contributed by atoms with Crippen LogP contribution in [0.2, 0.25) is 0 Å². The number of nitro benzene ring substituents is 1. The maximum Gasteiger partial charge on any atom is 0.269 e. The molecular formula is C11H18N2O3. The van der Waals surface area contributed by atoms with E-state index in [1.807, 2.05) is 13.8 Å². The molecule has 0 spiro atoms. The summed E-state index contributed by atoms with van der Waals surface area (Å²) in [6.07, 6.45) is 0. The molecule has 90 valence electrons. The first-order chi connectivity index (χ1) is 7.74. The molecule has 1 aromatic rings. The fourth-order valence-electron chi connectivity index (χ4n) is 0.998. The van der Waals surface area contributed by atoms with Gasteiger partial charge in [-0.3, -0.25) is 10.1 Å². The van der Waals surface area contributed by atoms with Crippen LogP contribution in [0.5, 0.6) is 0 Å². The van der Waals surface area contributed by atoms with Gasteiger partial charge >= 0.3 is 0 Å². The van der Waals surface area contributed by atoms with Gasteiger partial charge in [0.2, 0.25) is 0 Å². The zero-order chi connectivity index (χ0) is 12.4. The molecule has 0 unspecified atom stereocenters. The number of anilines is 1. The van der Waals surface area contributed by atoms with Crippen molar-refractivity contribution in [2.75, 3.05) is 25.6 Å². The third-order valence-corrected chi connectivity index (χ3v) is 1.71. The first-order valence-corrected chi connectivity index (χ1v) is 5.21. The average molecular weight is 226 g/mol. The van der Waals surface area contributed by atoms with Crippen LogP contribution in [0.3, 0.4) is 0 Å². The summed E-state index contributed by atoms with van der Waals surface area (Å²) in [5.74, 6) is 0. The number of rotatable bonds is 5. The van der Waals surface area contributed by atoms with E-state index in [0.717, 1.165) is 5.69 Å². The summed E-state index contributed by atoms with van der Waals surface area (Å²) in [7, 11) is 1.62. The van der Waals surface area contributed by atoms with Crippen molar-refractivity contribution < 1.29 is 9.66 Å². The molecule has 0 amide bonds. The molecule has 0 atom stereocenters. The van der Waals surface area contributed by atoms with Crippen LogP contribution >= 0.6 is 0 Å². The predicted molar refractivity (Wildman–Crippen MR) is 64.8 cm³/mol. The Hall–Kier alpha value is -1.62. The molecule has 5 heteroatoms. The Labute approximate surface area is 95.6 Å². The molecular weight excluding hydrogens is 208 g/mol. The van der Waals surface area contributed by atoms with Crippen LogP contribution in [0.25, 0.3) is 0 Å². The Morgan fingerprint density at radius 1 is 1.31 bits per heavy atom. The van der Waals surface area contributed by atoms with Crippen molar-refractivity contribution in [1.82, 2.24) is 0 Å². The largest absolute Gasteiger partial charge is 0.383 e. The summed E-state index contributed by atoms with van der Waals surface area (Å²) in [4.78, 5) is 9.92. The standard InChI is InChI=1S/C9H12N2O3.C2H6/c1-14-7-6-10-8-2-4-9(5-3-8)11(12)13;1-2/h2-5,10H,6-7H2,1H3;1-2H3. The lowest BCUT2D eigenvalue weighted by Crippen LogP contribution is -2.07. The minimum Gasteiger partial charge on any atom is -0.383 e. The normalized spacial score (nSPS) is 8.94. The van der Waals surface area contributed by atoms with Gasteiger partial charge in [0.15, 0.2) is 0 Å². The van der Waals surface area contributed by atoms with Crippen LogP contribution in [-0.4, -0.2) is 25.2 Å². The van der Waals surface area contributed by atoms with Gasteiger partial charge in [-0.1, -0.05) is 13.8 Å². The smallest absolute Gasteiger partial charge is 0.269 e. The summed E-state index contributed by atoms with van der Waals surface area (Å²) in [5, 5.41) is 13.4. The molecule has 0 heterocycles. The molecule has 0 radical (unpaired) electrons. The van der Waals surface area contributed by atoms with E-state index in [1.54, 1.807) is 19.2 Å². The van der Waals surface area contributed by atoms with E-state index in [2.05, 4.69) is 5.32 Å². The highest BCUT2D eigenvalue weighted by atomic mass is 16.6. The van der Waals surface area contributed by atoms with Gasteiger partial charge in [-0.15, -0.1) is 0 Å². The second-order valence-corrected chi connectivity index (χ2v) is 2.72. The number of nitrogens with one attached hydrogen (secondary N) is 1. The van der Waals surface area contributed by atoms with Crippen LogP contribution in [0.15, 0.2) is 24.3 Å². The maximum atomic E-state index is 10.3. The summed E-state index contributed by atoms with van der Waals surface area (Å²) in [5.41, 5.74) is 0.954. The Bertz CT molecular complexity index is 299. The fraction of sp³-hybridized carbons (Fsp3) is 0.455. The van der Waals surface area contributed by atoms with E-state index in [0.29, 0.717) is 13.2 Å². The van der Waals surface area contributed by atoms with Crippen LogP contribution in [0.4, 0.5) is 11.4 Å². The van der Waals surface area contributed by atoms with Crippen molar-refractivity contribution in [2.45, 2.75) is 13.8 Å². The molecule has 0 saturated carbocycles. The second-order valence-electron chi connectivity index (χ2n) is 2.72. The highest BCUT2D eigenvalue weighted by Gasteiger charge is 2.02. The summed E-state index contributed by atoms with van der Waals surface area (Å²) in [6.45, 7) is 5.30. The van der Waals surface area contributed by atoms with Gasteiger partial charge in [0.25, 0.3) is 5.69 Å². The van der Waals surface area contributed by atoms with E-state index in [9.17, 15) is 10.1 Å². The number of nitrogens with zero attached hydrogens (tertiary/aromatic N) is 1. The predicted octanol–water partition coefficient (Wildman–Crippen LogP) is 2.68. The molecule has 1 rings (SSSR count). The Kier molecular flexibility index (Phi) is 7.79. The summed E-state index contributed by atoms with van der Waals surface area (Å²) >= 11 is 0. The average Bonchev–Trinajstić information content (AvgIpc) is 2.33. The van der Waals surface area contributed by atoms with Gasteiger partial charge in [0.05, 0.1) is 11.5 Å². The molecule has 0 aromatic heterocycles. The number of nitro groups is 1. The number of hydrogen-bond donors (Lipinski definition) is 1. The monoisotopic (exact) mass is 226 g/mol. The number of non-ortho nitro benzene ring substituents is 1. The molecule has 1 aromatic carbocycles. The minimum atomic E-state index is -0.418. The van der Waals surface area contributed by atoms with Crippen molar-refractivity contribution in [2.24, 2.45) is 0 Å². The molecule has 5 nitrogen and oxygen atoms in total. The second kappa shape index (κ2) is 8.67. The van der Waals surface area contributed by atoms with E-state index in [-0.39, 0.29) is 5.69 Å². The summed E-state index contributed by atoms with van der Waals surface area (Å²) < 4.78 is 4.85. The van der Waals surface area contributed by atoms with Crippen LogP contribution in [0, 0.1) is 10.1 Å². The fourth-order valence-corrected chi connectivity index (χ4v) is 0.998. The van der Waals surface area contributed by atoms with Crippen molar-refractivity contribution in [3.8, 4) is 0 Å². The molecule has 1 N–H and O–H groups in total. The Morgan fingerprint density at radius 3 is 2.31 bits per heavy atom. The first kappa shape index (κ1) is 14.4. The number of hydrogen-bond acceptors (Lipinski definition) is 4. The summed E-state index contributed by atoms with van der Waals surface area (Å²) in [6, 6.07) is 6.28. The molecule has 0 aliphatic rings. The third-order valence-electron chi connectivity index (χ3n) is 1.71. The molecule has 0 aliphatic heterocycles. The SMILES string of the molecule is CC.COCCNc1ccc([N+](=O)[O-])cc1. The van der Waals surface area contributed by atoms with Gasteiger partial charge < -0.3 is 10.1 Å². The van der Waals surface area contributed by atoms with Gasteiger partial charge in [0, 0.05) is 31.5 Å². The Balaban J connectivity index is 0.00000106. The zero-order valence-corrected chi connectivity index (χ0v) is 9.90. The quantitative estimate of drug-likeness (QED) is 0.476. The molecule has 0 aliphatic carbocycles. The molecule has 0 fully saturated rings. The van der Waals surface area contributed by atoms with Gasteiger partial charge in [-0.05, 0) is 12.1 Å². The molecule has 16 heavy (non-hydrogen) atoms. The van der Waals surface area contributed by atoms with Crippen LogP contribution < -0.4 is 5.32 Å². The molecule has 0 bridgehead atoms. The lowest BCUT2D eigenvalue weighted by molar-refractivity contribution is -0.384. The van der Waals surface area contributed by atoms with E-state index < -0.39 is 4.92 Å². The maximum absolute atomic E-state index is 10.3. The Morgan fingerprint density at radius 2 is 1.88 bits per heavy atom. The van der Waals surface area contributed by atoms with Crippen molar-refractivity contribution in [3.05, 3.63) is 34.4 Å². The highest BCUT2D eigenvalue weighted by molar-refractivity contribution is 5.48. The van der Waals surface area contributed by atoms with Crippen LogP contribution in [0.1, 0.15) is 13.8 Å². The van der Waals surface area contributed by atoms with Crippen molar-refractivity contribution in [1.29, 1.82) is 0 Å². The third kappa shape index (κ3) is 5.31.